The molecule has 2 saturated heterocycles. The van der Waals surface area contributed by atoms with Crippen molar-refractivity contribution < 1.29 is 101 Å². The summed E-state index contributed by atoms with van der Waals surface area (Å²) in [6.45, 7) is 12.0. The van der Waals surface area contributed by atoms with E-state index in [1.807, 2.05) is 40.1 Å². The molecule has 2 aromatic rings. The molecule has 2 heterocycles. The number of carboxylic acids is 1. The van der Waals surface area contributed by atoms with Gasteiger partial charge in [-0.25, -0.2) is 19.2 Å². The lowest BCUT2D eigenvalue weighted by Gasteiger charge is -2.36. The zero-order valence-electron chi connectivity index (χ0n) is 41.6. The Hall–Kier alpha value is -5.40. The molecule has 0 atom stereocenters. The zero-order valence-corrected chi connectivity index (χ0v) is 41.6. The first-order chi connectivity index (χ1) is 33.8. The second kappa shape index (κ2) is 22.4. The SMILES string of the molecule is CC(C)(C)OC(=O)C(C)(C)Oc1cc(C2CC2)ccc1CN1CCN(C(=O)OC(C(F)(F)F)C(F)(F)F)CC1.CC(C)(Oc1cc(C2CC2)ccc1CN1CCN(C(=O)OC(C(F)(F)F)C(F)(F)F)CC1)C(=O)O. The van der Waals surface area contributed by atoms with Crippen LogP contribution in [0.1, 0.15) is 108 Å². The molecule has 2 aromatic carbocycles. The molecule has 6 rings (SSSR count). The Morgan fingerprint density at radius 3 is 1.14 bits per heavy atom. The Bertz CT molecular complexity index is 2260. The van der Waals surface area contributed by atoms with Crippen molar-refractivity contribution in [1.29, 1.82) is 0 Å². The van der Waals surface area contributed by atoms with E-state index in [1.165, 1.54) is 13.8 Å². The van der Waals surface area contributed by atoms with E-state index < -0.39 is 77.8 Å². The Kier molecular flexibility index (Phi) is 18.0. The number of hydrogen-bond donors (Lipinski definition) is 1. The molecule has 0 spiro atoms. The third-order valence-corrected chi connectivity index (χ3v) is 12.1. The lowest BCUT2D eigenvalue weighted by atomic mass is 10.0. The van der Waals surface area contributed by atoms with Gasteiger partial charge in [0, 0.05) is 76.6 Å². The summed E-state index contributed by atoms with van der Waals surface area (Å²) < 4.78 is 177. The minimum Gasteiger partial charge on any atom is -0.478 e. The predicted octanol–water partition coefficient (Wildman–Crippen LogP) is 10.4. The molecule has 4 fully saturated rings. The van der Waals surface area contributed by atoms with Gasteiger partial charge in [0.15, 0.2) is 11.2 Å². The summed E-state index contributed by atoms with van der Waals surface area (Å²) in [6.07, 6.45) is -30.7. The summed E-state index contributed by atoms with van der Waals surface area (Å²) in [7, 11) is 0. The molecule has 0 aromatic heterocycles. The molecule has 416 valence electrons. The van der Waals surface area contributed by atoms with Gasteiger partial charge in [0.2, 0.25) is 0 Å². The van der Waals surface area contributed by atoms with Crippen LogP contribution in [0.2, 0.25) is 0 Å². The summed E-state index contributed by atoms with van der Waals surface area (Å²) in [6, 6.07) is 11.3. The number of carbonyl (C=O) groups excluding carboxylic acids is 3. The first kappa shape index (κ1) is 59.5. The molecular weight excluding hydrogens is 1020 g/mol. The van der Waals surface area contributed by atoms with Crippen LogP contribution in [-0.4, -0.2) is 155 Å². The van der Waals surface area contributed by atoms with Crippen LogP contribution in [0.4, 0.5) is 62.3 Å². The molecule has 1 N–H and O–H groups in total. The minimum absolute atomic E-state index is 0.124. The first-order valence-electron chi connectivity index (χ1n) is 23.6. The second-order valence-electron chi connectivity index (χ2n) is 20.5. The Balaban J connectivity index is 0.000000276. The monoisotopic (exact) mass is 1080 g/mol. The summed E-state index contributed by atoms with van der Waals surface area (Å²) in [5, 5.41) is 9.42. The normalized spacial score (nSPS) is 17.9. The van der Waals surface area contributed by atoms with E-state index >= 15 is 0 Å². The van der Waals surface area contributed by atoms with Gasteiger partial charge in [0.1, 0.15) is 17.1 Å². The summed E-state index contributed by atoms with van der Waals surface area (Å²) in [5.74, 6) is -0.00888. The van der Waals surface area contributed by atoms with E-state index in [0.29, 0.717) is 35.4 Å². The third kappa shape index (κ3) is 17.1. The van der Waals surface area contributed by atoms with E-state index in [0.717, 1.165) is 52.2 Å². The van der Waals surface area contributed by atoms with Gasteiger partial charge in [-0.05, 0) is 109 Å². The molecule has 2 amide bonds. The number of alkyl halides is 12. The molecule has 26 heteroatoms. The van der Waals surface area contributed by atoms with Crippen molar-refractivity contribution in [3.63, 3.8) is 0 Å². The number of esters is 1. The van der Waals surface area contributed by atoms with Crippen molar-refractivity contribution in [2.75, 3.05) is 52.4 Å². The lowest BCUT2D eigenvalue weighted by molar-refractivity contribution is -0.309. The largest absolute Gasteiger partial charge is 0.478 e. The summed E-state index contributed by atoms with van der Waals surface area (Å²) in [5.41, 5.74) is 0.00613. The quantitative estimate of drug-likeness (QED) is 0.109. The van der Waals surface area contributed by atoms with Crippen LogP contribution >= 0.6 is 0 Å². The molecule has 0 radical (unpaired) electrons. The van der Waals surface area contributed by atoms with E-state index in [4.69, 9.17) is 14.2 Å². The van der Waals surface area contributed by atoms with Crippen LogP contribution in [0.3, 0.4) is 0 Å². The van der Waals surface area contributed by atoms with Gasteiger partial charge in [-0.1, -0.05) is 24.3 Å². The van der Waals surface area contributed by atoms with Crippen molar-refractivity contribution in [2.24, 2.45) is 0 Å². The molecular formula is C48H60F12N4O10. The smallest absolute Gasteiger partial charge is 0.434 e. The van der Waals surface area contributed by atoms with Crippen LogP contribution in [0, 0.1) is 0 Å². The van der Waals surface area contributed by atoms with Gasteiger partial charge in [0.05, 0.1) is 0 Å². The van der Waals surface area contributed by atoms with Crippen LogP contribution < -0.4 is 9.47 Å². The minimum atomic E-state index is -5.78. The van der Waals surface area contributed by atoms with E-state index in [-0.39, 0.29) is 58.9 Å². The molecule has 0 unspecified atom stereocenters. The van der Waals surface area contributed by atoms with Gasteiger partial charge in [-0.15, -0.1) is 0 Å². The van der Waals surface area contributed by atoms with Gasteiger partial charge < -0.3 is 38.6 Å². The average molecular weight is 1080 g/mol. The topological polar surface area (TPSA) is 148 Å². The summed E-state index contributed by atoms with van der Waals surface area (Å²) in [4.78, 5) is 53.7. The lowest BCUT2D eigenvalue weighted by Crippen LogP contribution is -2.52. The highest BCUT2D eigenvalue weighted by atomic mass is 19.4. The van der Waals surface area contributed by atoms with Crippen molar-refractivity contribution >= 4 is 24.1 Å². The number of nitrogens with zero attached hydrogens (tertiary/aromatic N) is 4. The molecule has 2 saturated carbocycles. The molecule has 14 nitrogen and oxygen atoms in total. The maximum absolute atomic E-state index is 12.8. The van der Waals surface area contributed by atoms with E-state index in [1.54, 1.807) is 40.7 Å². The van der Waals surface area contributed by atoms with Crippen LogP contribution in [0.15, 0.2) is 36.4 Å². The number of halogens is 12. The van der Waals surface area contributed by atoms with Crippen LogP contribution in [-0.2, 0) is 36.9 Å². The third-order valence-electron chi connectivity index (χ3n) is 12.1. The number of hydrogen-bond acceptors (Lipinski definition) is 11. The maximum Gasteiger partial charge on any atom is 0.434 e. The van der Waals surface area contributed by atoms with Crippen LogP contribution in [0.5, 0.6) is 11.5 Å². The molecule has 2 aliphatic carbocycles. The highest BCUT2D eigenvalue weighted by Crippen LogP contribution is 2.44. The molecule has 0 bridgehead atoms. The number of amides is 2. The standard InChI is InChI=1S/C26H34F6N2O5.C22H26F6N2O5/c1-23(2,3)39-21(35)24(4,5)38-19-14-17(16-6-7-16)8-9-18(19)15-33-10-12-34(13-11-33)22(36)37-20(25(27,28)29)26(30,31)32;1-20(2,18(31)32)35-16-11-14(13-3-4-13)5-6-15(16)12-29-7-9-30(10-8-29)19(33)34-17(21(23,24)25)22(26,27)28/h8-9,14,16,20H,6-7,10-13,15H2,1-5H3;5-6,11,13,17H,3-4,7-10,12H2,1-2H3,(H,31,32). The van der Waals surface area contributed by atoms with Crippen LogP contribution in [0.25, 0.3) is 0 Å². The predicted molar refractivity (Wildman–Crippen MR) is 238 cm³/mol. The van der Waals surface area contributed by atoms with E-state index in [9.17, 15) is 77.0 Å². The Morgan fingerprint density at radius 2 is 0.851 bits per heavy atom. The fourth-order valence-corrected chi connectivity index (χ4v) is 7.62. The average Bonchev–Trinajstić information content (AvgIpc) is 4.19. The molecule has 2 aliphatic heterocycles. The van der Waals surface area contributed by atoms with Gasteiger partial charge in [0.25, 0.3) is 12.2 Å². The number of carboxylic acid groups (broad SMARTS) is 1. The van der Waals surface area contributed by atoms with Gasteiger partial charge >= 0.3 is 48.8 Å². The van der Waals surface area contributed by atoms with E-state index in [2.05, 4.69) is 9.47 Å². The number of piperazine rings is 2. The zero-order chi connectivity index (χ0) is 55.6. The highest BCUT2D eigenvalue weighted by Gasteiger charge is 2.61. The van der Waals surface area contributed by atoms with Gasteiger partial charge in [-0.2, -0.15) is 52.7 Å². The highest BCUT2D eigenvalue weighted by molar-refractivity contribution is 5.79. The summed E-state index contributed by atoms with van der Waals surface area (Å²) >= 11 is 0. The van der Waals surface area contributed by atoms with Crippen molar-refractivity contribution in [1.82, 2.24) is 19.6 Å². The molecule has 74 heavy (non-hydrogen) atoms. The van der Waals surface area contributed by atoms with Crippen molar-refractivity contribution in [3.8, 4) is 11.5 Å². The van der Waals surface area contributed by atoms with Crippen molar-refractivity contribution in [2.45, 2.75) is 153 Å². The maximum atomic E-state index is 12.8. The second-order valence-corrected chi connectivity index (χ2v) is 20.5. The number of ether oxygens (including phenoxy) is 5. The first-order valence-corrected chi connectivity index (χ1v) is 23.6. The number of rotatable bonds is 14. The Labute approximate surface area is 419 Å². The fourth-order valence-electron chi connectivity index (χ4n) is 7.62. The fraction of sp³-hybridized carbons (Fsp3) is 0.667. The number of benzene rings is 2. The van der Waals surface area contributed by atoms with Gasteiger partial charge in [-0.3, -0.25) is 9.80 Å². The number of aliphatic carboxylic acids is 1. The molecule has 4 aliphatic rings. The number of carbonyl (C=O) groups is 4. The van der Waals surface area contributed by atoms with Crippen molar-refractivity contribution in [3.05, 3.63) is 58.7 Å². The Morgan fingerprint density at radius 1 is 0.527 bits per heavy atom.